The number of aryl methyl sites for hydroxylation is 1. The van der Waals surface area contributed by atoms with Crippen LogP contribution in [0.25, 0.3) is 0 Å². The number of pyridine rings is 2. The van der Waals surface area contributed by atoms with Crippen LogP contribution in [0.2, 0.25) is 0 Å². The summed E-state index contributed by atoms with van der Waals surface area (Å²) >= 11 is 0. The highest BCUT2D eigenvalue weighted by molar-refractivity contribution is 5.76. The molecule has 2 aromatic heterocycles. The molecule has 2 aromatic rings. The molecule has 1 fully saturated rings. The van der Waals surface area contributed by atoms with Gasteiger partial charge in [-0.15, -0.1) is 0 Å². The highest BCUT2D eigenvalue weighted by Gasteiger charge is 2.17. The molecule has 1 saturated carbocycles. The molecule has 5 heteroatoms. The minimum absolute atomic E-state index is 0.0360. The fraction of sp³-hybridized carbons (Fsp3) is 0.421. The Balaban J connectivity index is 1.44. The second-order valence-electron chi connectivity index (χ2n) is 6.16. The Kier molecular flexibility index (Phi) is 5.77. The molecular formula is C19H23N3O2. The van der Waals surface area contributed by atoms with E-state index in [1.165, 1.54) is 12.8 Å². The second-order valence-corrected chi connectivity index (χ2v) is 6.16. The van der Waals surface area contributed by atoms with Crippen LogP contribution in [0, 0.1) is 0 Å². The summed E-state index contributed by atoms with van der Waals surface area (Å²) in [7, 11) is 0. The predicted molar refractivity (Wildman–Crippen MR) is 91.5 cm³/mol. The summed E-state index contributed by atoms with van der Waals surface area (Å²) in [6, 6.07) is 7.69. The molecular weight excluding hydrogens is 302 g/mol. The lowest BCUT2D eigenvalue weighted by molar-refractivity contribution is -0.121. The number of amides is 1. The first-order chi connectivity index (χ1) is 11.8. The van der Waals surface area contributed by atoms with Crippen LogP contribution >= 0.6 is 0 Å². The largest absolute Gasteiger partial charge is 0.474 e. The Hall–Kier alpha value is -2.43. The van der Waals surface area contributed by atoms with E-state index in [-0.39, 0.29) is 5.91 Å². The van der Waals surface area contributed by atoms with Crippen LogP contribution < -0.4 is 10.1 Å². The van der Waals surface area contributed by atoms with Crippen molar-refractivity contribution in [2.75, 3.05) is 0 Å². The molecule has 24 heavy (non-hydrogen) atoms. The van der Waals surface area contributed by atoms with Gasteiger partial charge in [-0.05, 0) is 55.4 Å². The van der Waals surface area contributed by atoms with Crippen molar-refractivity contribution in [3.05, 3.63) is 54.0 Å². The van der Waals surface area contributed by atoms with E-state index in [9.17, 15) is 4.79 Å². The van der Waals surface area contributed by atoms with Crippen molar-refractivity contribution in [1.82, 2.24) is 15.3 Å². The topological polar surface area (TPSA) is 64.1 Å². The van der Waals surface area contributed by atoms with Gasteiger partial charge in [-0.25, -0.2) is 4.98 Å². The van der Waals surface area contributed by atoms with Crippen LogP contribution in [0.15, 0.2) is 42.9 Å². The Morgan fingerprint density at radius 2 is 2.08 bits per heavy atom. The molecule has 1 N–H and O–H groups in total. The van der Waals surface area contributed by atoms with Crippen molar-refractivity contribution >= 4 is 5.91 Å². The first kappa shape index (κ1) is 16.4. The molecule has 2 heterocycles. The van der Waals surface area contributed by atoms with Gasteiger partial charge in [0.05, 0.1) is 0 Å². The van der Waals surface area contributed by atoms with E-state index in [1.807, 2.05) is 24.3 Å². The number of carbonyl (C=O) groups excluding carboxylic acids is 1. The number of ether oxygens (including phenoxy) is 1. The normalized spacial score (nSPS) is 14.5. The fourth-order valence-electron chi connectivity index (χ4n) is 2.89. The standard InChI is InChI=1S/C19H23N3O2/c23-18(8-7-15-4-3-10-20-13-15)22-14-16-9-11-21-19(12-16)24-17-5-1-2-6-17/h3-4,9-13,17H,1-2,5-8,14H2,(H,22,23). The van der Waals surface area contributed by atoms with Gasteiger partial charge in [-0.2, -0.15) is 0 Å². The molecule has 3 rings (SSSR count). The van der Waals surface area contributed by atoms with Crippen LogP contribution in [0.4, 0.5) is 0 Å². The number of nitrogens with one attached hydrogen (secondary N) is 1. The van der Waals surface area contributed by atoms with Crippen molar-refractivity contribution < 1.29 is 9.53 Å². The molecule has 126 valence electrons. The monoisotopic (exact) mass is 325 g/mol. The van der Waals surface area contributed by atoms with Gasteiger partial charge in [0.15, 0.2) is 0 Å². The minimum Gasteiger partial charge on any atom is -0.474 e. The number of rotatable bonds is 7. The molecule has 0 aliphatic heterocycles. The Labute approximate surface area is 142 Å². The molecule has 0 bridgehead atoms. The van der Waals surface area contributed by atoms with Crippen molar-refractivity contribution in [2.45, 2.75) is 51.2 Å². The van der Waals surface area contributed by atoms with Crippen molar-refractivity contribution in [3.8, 4) is 5.88 Å². The summed E-state index contributed by atoms with van der Waals surface area (Å²) in [4.78, 5) is 20.3. The van der Waals surface area contributed by atoms with Crippen molar-refractivity contribution in [3.63, 3.8) is 0 Å². The quantitative estimate of drug-likeness (QED) is 0.850. The van der Waals surface area contributed by atoms with Crippen LogP contribution in [-0.4, -0.2) is 22.0 Å². The number of carbonyl (C=O) groups is 1. The first-order valence-corrected chi connectivity index (χ1v) is 8.57. The van der Waals surface area contributed by atoms with Gasteiger partial charge in [-0.3, -0.25) is 9.78 Å². The highest BCUT2D eigenvalue weighted by Crippen LogP contribution is 2.23. The first-order valence-electron chi connectivity index (χ1n) is 8.57. The van der Waals surface area contributed by atoms with Gasteiger partial charge in [0, 0.05) is 37.6 Å². The summed E-state index contributed by atoms with van der Waals surface area (Å²) < 4.78 is 5.90. The summed E-state index contributed by atoms with van der Waals surface area (Å²) in [5.74, 6) is 0.693. The predicted octanol–water partition coefficient (Wildman–Crippen LogP) is 3.05. The Morgan fingerprint density at radius 3 is 2.88 bits per heavy atom. The van der Waals surface area contributed by atoms with Crippen molar-refractivity contribution in [1.29, 1.82) is 0 Å². The van der Waals surface area contributed by atoms with E-state index in [0.29, 0.717) is 31.4 Å². The summed E-state index contributed by atoms with van der Waals surface area (Å²) in [5, 5.41) is 2.95. The molecule has 1 amide bonds. The second kappa shape index (κ2) is 8.43. The lowest BCUT2D eigenvalue weighted by atomic mass is 10.1. The fourth-order valence-corrected chi connectivity index (χ4v) is 2.89. The number of aromatic nitrogens is 2. The average molecular weight is 325 g/mol. The van der Waals surface area contributed by atoms with E-state index in [0.717, 1.165) is 24.0 Å². The van der Waals surface area contributed by atoms with Crippen LogP contribution in [0.1, 0.15) is 43.2 Å². The van der Waals surface area contributed by atoms with Gasteiger partial charge in [0.25, 0.3) is 0 Å². The number of nitrogens with zero attached hydrogens (tertiary/aromatic N) is 2. The maximum absolute atomic E-state index is 12.0. The molecule has 5 nitrogen and oxygen atoms in total. The molecule has 1 aliphatic carbocycles. The molecule has 0 aromatic carbocycles. The molecule has 0 radical (unpaired) electrons. The zero-order chi connectivity index (χ0) is 16.6. The van der Waals surface area contributed by atoms with E-state index in [4.69, 9.17) is 4.74 Å². The number of hydrogen-bond donors (Lipinski definition) is 1. The van der Waals surface area contributed by atoms with Crippen LogP contribution in [0.5, 0.6) is 5.88 Å². The zero-order valence-corrected chi connectivity index (χ0v) is 13.8. The van der Waals surface area contributed by atoms with Crippen molar-refractivity contribution in [2.24, 2.45) is 0 Å². The third-order valence-corrected chi connectivity index (χ3v) is 4.24. The summed E-state index contributed by atoms with van der Waals surface area (Å²) in [5.41, 5.74) is 2.08. The zero-order valence-electron chi connectivity index (χ0n) is 13.8. The van der Waals surface area contributed by atoms with Gasteiger partial charge < -0.3 is 10.1 Å². The lowest BCUT2D eigenvalue weighted by Gasteiger charge is -2.13. The van der Waals surface area contributed by atoms with Crippen LogP contribution in [0.3, 0.4) is 0 Å². The van der Waals surface area contributed by atoms with Gasteiger partial charge in [-0.1, -0.05) is 6.07 Å². The minimum atomic E-state index is 0.0360. The van der Waals surface area contributed by atoms with E-state index < -0.39 is 0 Å². The van der Waals surface area contributed by atoms with Crippen LogP contribution in [-0.2, 0) is 17.8 Å². The van der Waals surface area contributed by atoms with E-state index >= 15 is 0 Å². The molecule has 0 saturated heterocycles. The lowest BCUT2D eigenvalue weighted by Crippen LogP contribution is -2.23. The summed E-state index contributed by atoms with van der Waals surface area (Å²) in [6.45, 7) is 0.495. The van der Waals surface area contributed by atoms with Gasteiger partial charge in [0.1, 0.15) is 6.10 Å². The smallest absolute Gasteiger partial charge is 0.220 e. The maximum atomic E-state index is 12.0. The van der Waals surface area contributed by atoms with E-state index in [1.54, 1.807) is 18.6 Å². The number of hydrogen-bond acceptors (Lipinski definition) is 4. The molecule has 0 spiro atoms. The molecule has 1 aliphatic rings. The maximum Gasteiger partial charge on any atom is 0.220 e. The third-order valence-electron chi connectivity index (χ3n) is 4.24. The Morgan fingerprint density at radius 1 is 1.21 bits per heavy atom. The van der Waals surface area contributed by atoms with E-state index in [2.05, 4.69) is 15.3 Å². The summed E-state index contributed by atoms with van der Waals surface area (Å²) in [6.07, 6.45) is 11.4. The molecule has 0 atom stereocenters. The van der Waals surface area contributed by atoms with Gasteiger partial charge >= 0.3 is 0 Å². The van der Waals surface area contributed by atoms with Gasteiger partial charge in [0.2, 0.25) is 11.8 Å². The average Bonchev–Trinajstić information content (AvgIpc) is 3.12. The highest BCUT2D eigenvalue weighted by atomic mass is 16.5. The SMILES string of the molecule is O=C(CCc1cccnc1)NCc1ccnc(OC2CCCC2)c1. The Bertz CT molecular complexity index is 655. The molecule has 0 unspecified atom stereocenters. The third kappa shape index (κ3) is 5.05.